The molecule has 2 N–H and O–H groups in total. The third kappa shape index (κ3) is 2.96. The summed E-state index contributed by atoms with van der Waals surface area (Å²) in [6.07, 6.45) is 0. The molecule has 0 aliphatic rings. The topological polar surface area (TPSA) is 84.0 Å². The molecule has 24 heavy (non-hydrogen) atoms. The molecule has 0 aliphatic carbocycles. The van der Waals surface area contributed by atoms with E-state index in [-0.39, 0.29) is 6.54 Å². The molecule has 0 saturated carbocycles. The lowest BCUT2D eigenvalue weighted by atomic mass is 10.2. The highest BCUT2D eigenvalue weighted by Gasteiger charge is 2.12. The third-order valence-electron chi connectivity index (χ3n) is 3.73. The van der Waals surface area contributed by atoms with Crippen molar-refractivity contribution in [2.75, 3.05) is 5.32 Å². The molecular formula is C17H14ClN3O3. The van der Waals surface area contributed by atoms with E-state index in [1.54, 1.807) is 49.4 Å². The molecule has 3 rings (SSSR count). The average molecular weight is 344 g/mol. The summed E-state index contributed by atoms with van der Waals surface area (Å²) in [5, 5.41) is 3.25. The van der Waals surface area contributed by atoms with Crippen molar-refractivity contribution in [3.63, 3.8) is 0 Å². The average Bonchev–Trinajstić information content (AvgIpc) is 2.56. The van der Waals surface area contributed by atoms with Gasteiger partial charge in [-0.25, -0.2) is 0 Å². The molecule has 0 unspecified atom stereocenters. The quantitative estimate of drug-likeness (QED) is 0.716. The fourth-order valence-corrected chi connectivity index (χ4v) is 2.63. The highest BCUT2D eigenvalue weighted by atomic mass is 35.5. The minimum atomic E-state index is -0.772. The summed E-state index contributed by atoms with van der Waals surface area (Å²) < 4.78 is 1.16. The van der Waals surface area contributed by atoms with Crippen LogP contribution in [0, 0.1) is 6.92 Å². The van der Waals surface area contributed by atoms with Crippen molar-refractivity contribution in [2.45, 2.75) is 13.5 Å². The molecule has 1 aromatic heterocycles. The predicted octanol–water partition coefficient (Wildman–Crippen LogP) is 2.29. The van der Waals surface area contributed by atoms with Crippen molar-refractivity contribution in [3.05, 3.63) is 73.8 Å². The number of fused-ring (bicyclic) bond motifs is 1. The van der Waals surface area contributed by atoms with E-state index in [4.69, 9.17) is 11.6 Å². The molecule has 7 heteroatoms. The van der Waals surface area contributed by atoms with Gasteiger partial charge in [-0.05, 0) is 36.8 Å². The van der Waals surface area contributed by atoms with Gasteiger partial charge in [-0.1, -0.05) is 29.8 Å². The van der Waals surface area contributed by atoms with Crippen molar-refractivity contribution >= 4 is 34.2 Å². The maximum absolute atomic E-state index is 12.3. The highest BCUT2D eigenvalue weighted by molar-refractivity contribution is 6.31. The van der Waals surface area contributed by atoms with Gasteiger partial charge in [0.2, 0.25) is 5.91 Å². The number of amides is 1. The molecule has 0 saturated heterocycles. The van der Waals surface area contributed by atoms with Gasteiger partial charge in [-0.2, -0.15) is 0 Å². The Kier molecular flexibility index (Phi) is 4.22. The maximum Gasteiger partial charge on any atom is 0.317 e. The minimum Gasteiger partial charge on any atom is -0.324 e. The van der Waals surface area contributed by atoms with Crippen molar-refractivity contribution in [2.24, 2.45) is 0 Å². The molecule has 0 fully saturated rings. The van der Waals surface area contributed by atoms with E-state index in [0.29, 0.717) is 21.7 Å². The zero-order valence-electron chi connectivity index (χ0n) is 12.8. The first-order valence-electron chi connectivity index (χ1n) is 7.24. The first kappa shape index (κ1) is 16.0. The van der Waals surface area contributed by atoms with Crippen LogP contribution >= 0.6 is 11.6 Å². The molecule has 2 aromatic carbocycles. The Morgan fingerprint density at radius 3 is 2.71 bits per heavy atom. The van der Waals surface area contributed by atoms with Crippen molar-refractivity contribution in [1.29, 1.82) is 0 Å². The number of anilines is 1. The van der Waals surface area contributed by atoms with Crippen molar-refractivity contribution < 1.29 is 4.79 Å². The molecule has 0 atom stereocenters. The number of carbonyl (C=O) groups is 1. The molecule has 1 heterocycles. The molecule has 0 radical (unpaired) electrons. The monoisotopic (exact) mass is 343 g/mol. The van der Waals surface area contributed by atoms with Crippen LogP contribution in [0.5, 0.6) is 0 Å². The smallest absolute Gasteiger partial charge is 0.317 e. The lowest BCUT2D eigenvalue weighted by Gasteiger charge is -2.12. The van der Waals surface area contributed by atoms with E-state index in [1.165, 1.54) is 0 Å². The number of para-hydroxylation sites is 2. The number of H-pyrrole nitrogens is 1. The minimum absolute atomic E-state index is 0.269. The SMILES string of the molecule is Cc1c(Cl)cccc1NC(=O)Cn1c(=O)c(=O)[nH]c2ccccc21. The number of rotatable bonds is 3. The fraction of sp³-hybridized carbons (Fsp3) is 0.118. The summed E-state index contributed by atoms with van der Waals surface area (Å²) in [6.45, 7) is 1.52. The third-order valence-corrected chi connectivity index (χ3v) is 4.14. The number of aromatic nitrogens is 2. The summed E-state index contributed by atoms with van der Waals surface area (Å²) in [5.41, 5.74) is 0.742. The van der Waals surface area contributed by atoms with E-state index in [9.17, 15) is 14.4 Å². The Hall–Kier alpha value is -2.86. The van der Waals surface area contributed by atoms with Crippen LogP contribution in [0.25, 0.3) is 11.0 Å². The summed E-state index contributed by atoms with van der Waals surface area (Å²) in [6, 6.07) is 12.0. The number of halogens is 1. The fourth-order valence-electron chi connectivity index (χ4n) is 2.46. The lowest BCUT2D eigenvalue weighted by Crippen LogP contribution is -2.38. The standard InChI is InChI=1S/C17H14ClN3O3/c1-10-11(18)5-4-7-12(10)19-15(22)9-21-14-8-3-2-6-13(14)20-16(23)17(21)24/h2-8H,9H2,1H3,(H,19,22)(H,20,23). The maximum atomic E-state index is 12.3. The second-order valence-corrected chi connectivity index (χ2v) is 5.73. The Labute approximate surface area is 141 Å². The van der Waals surface area contributed by atoms with E-state index in [2.05, 4.69) is 10.3 Å². The first-order chi connectivity index (χ1) is 11.5. The molecule has 0 spiro atoms. The van der Waals surface area contributed by atoms with Gasteiger partial charge in [0.25, 0.3) is 0 Å². The zero-order chi connectivity index (χ0) is 17.3. The van der Waals surface area contributed by atoms with Crippen LogP contribution in [-0.2, 0) is 11.3 Å². The van der Waals surface area contributed by atoms with E-state index >= 15 is 0 Å². The van der Waals surface area contributed by atoms with E-state index < -0.39 is 17.0 Å². The van der Waals surface area contributed by atoms with Crippen LogP contribution < -0.4 is 16.4 Å². The Morgan fingerprint density at radius 2 is 1.92 bits per heavy atom. The van der Waals surface area contributed by atoms with Crippen LogP contribution in [-0.4, -0.2) is 15.5 Å². The number of benzene rings is 2. The number of nitrogens with zero attached hydrogens (tertiary/aromatic N) is 1. The molecule has 1 amide bonds. The summed E-state index contributed by atoms with van der Waals surface area (Å²) >= 11 is 6.03. The number of hydrogen-bond acceptors (Lipinski definition) is 3. The Balaban J connectivity index is 1.97. The molecule has 0 aliphatic heterocycles. The molecular weight excluding hydrogens is 330 g/mol. The largest absolute Gasteiger partial charge is 0.324 e. The zero-order valence-corrected chi connectivity index (χ0v) is 13.6. The predicted molar refractivity (Wildman–Crippen MR) is 93.6 cm³/mol. The van der Waals surface area contributed by atoms with E-state index in [1.807, 2.05) is 0 Å². The number of aromatic amines is 1. The second-order valence-electron chi connectivity index (χ2n) is 5.32. The van der Waals surface area contributed by atoms with Crippen molar-refractivity contribution in [3.8, 4) is 0 Å². The Morgan fingerprint density at radius 1 is 1.17 bits per heavy atom. The second kappa shape index (κ2) is 6.33. The lowest BCUT2D eigenvalue weighted by molar-refractivity contribution is -0.116. The van der Waals surface area contributed by atoms with Gasteiger partial charge in [-0.3, -0.25) is 19.0 Å². The van der Waals surface area contributed by atoms with Gasteiger partial charge in [0, 0.05) is 10.7 Å². The van der Waals surface area contributed by atoms with Crippen LogP contribution in [0.15, 0.2) is 52.1 Å². The van der Waals surface area contributed by atoms with Crippen LogP contribution in [0.3, 0.4) is 0 Å². The number of hydrogen-bond donors (Lipinski definition) is 2. The number of nitrogens with one attached hydrogen (secondary N) is 2. The van der Waals surface area contributed by atoms with E-state index in [0.717, 1.165) is 10.1 Å². The summed E-state index contributed by atoms with van der Waals surface area (Å²) in [7, 11) is 0. The highest BCUT2D eigenvalue weighted by Crippen LogP contribution is 2.22. The molecule has 3 aromatic rings. The number of carbonyl (C=O) groups excluding carboxylic acids is 1. The van der Waals surface area contributed by atoms with Gasteiger partial charge in [0.15, 0.2) is 0 Å². The van der Waals surface area contributed by atoms with Gasteiger partial charge >= 0.3 is 11.1 Å². The Bertz CT molecular complexity index is 1050. The van der Waals surface area contributed by atoms with Gasteiger partial charge in [0.05, 0.1) is 11.0 Å². The summed E-state index contributed by atoms with van der Waals surface area (Å²) in [5.74, 6) is -0.418. The normalized spacial score (nSPS) is 10.8. The van der Waals surface area contributed by atoms with Crippen molar-refractivity contribution in [1.82, 2.24) is 9.55 Å². The summed E-state index contributed by atoms with van der Waals surface area (Å²) in [4.78, 5) is 38.7. The van der Waals surface area contributed by atoms with Gasteiger partial charge < -0.3 is 10.3 Å². The van der Waals surface area contributed by atoms with Crippen LogP contribution in [0.1, 0.15) is 5.56 Å². The molecule has 0 bridgehead atoms. The molecule has 122 valence electrons. The van der Waals surface area contributed by atoms with Crippen LogP contribution in [0.2, 0.25) is 5.02 Å². The van der Waals surface area contributed by atoms with Crippen LogP contribution in [0.4, 0.5) is 5.69 Å². The van der Waals surface area contributed by atoms with Gasteiger partial charge in [-0.15, -0.1) is 0 Å². The molecule has 6 nitrogen and oxygen atoms in total. The van der Waals surface area contributed by atoms with Gasteiger partial charge in [0.1, 0.15) is 6.54 Å². The first-order valence-corrected chi connectivity index (χ1v) is 7.62.